The molecule has 0 bridgehead atoms. The number of hydrogen-bond donors (Lipinski definition) is 2. The van der Waals surface area contributed by atoms with E-state index < -0.39 is 0 Å². The van der Waals surface area contributed by atoms with Gasteiger partial charge in [-0.15, -0.1) is 0 Å². The van der Waals surface area contributed by atoms with Crippen LogP contribution in [0.25, 0.3) is 0 Å². The maximum atomic E-state index is 12.6. The van der Waals surface area contributed by atoms with Crippen LogP contribution in [0.1, 0.15) is 29.6 Å². The number of halogens is 2. The molecule has 1 aromatic rings. The van der Waals surface area contributed by atoms with Gasteiger partial charge in [0.1, 0.15) is 5.84 Å². The monoisotopic (exact) mass is 403 g/mol. The number of carbonyl (C=O) groups excluding carboxylic acids is 1. The van der Waals surface area contributed by atoms with E-state index in [1.54, 1.807) is 11.0 Å². The van der Waals surface area contributed by atoms with Crippen molar-refractivity contribution in [3.05, 3.63) is 32.7 Å². The minimum absolute atomic E-state index is 0.0357. The molecule has 1 aromatic carbocycles. The Hall–Kier alpha value is -1.08. The smallest absolute Gasteiger partial charge is 0.255 e. The van der Waals surface area contributed by atoms with Crippen LogP contribution >= 0.6 is 31.9 Å². The van der Waals surface area contributed by atoms with Crippen molar-refractivity contribution >= 4 is 43.6 Å². The first kappa shape index (κ1) is 15.3. The molecule has 0 aromatic heterocycles. The summed E-state index contributed by atoms with van der Waals surface area (Å²) in [5.41, 5.74) is 6.10. The first-order chi connectivity index (χ1) is 9.52. The summed E-state index contributed by atoms with van der Waals surface area (Å²) in [6.45, 7) is 0.457. The third kappa shape index (κ3) is 3.73. The second-order valence-corrected chi connectivity index (χ2v) is 6.47. The van der Waals surface area contributed by atoms with E-state index in [2.05, 4.69) is 37.0 Å². The van der Waals surface area contributed by atoms with Crippen LogP contribution in [0.3, 0.4) is 0 Å². The Labute approximate surface area is 134 Å². The Kier molecular flexibility index (Phi) is 5.04. The molecule has 0 atom stereocenters. The molecule has 5 nitrogen and oxygen atoms in total. The fraction of sp³-hybridized carbons (Fsp3) is 0.385. The van der Waals surface area contributed by atoms with Crippen LogP contribution in [0, 0.1) is 0 Å². The predicted octanol–water partition coefficient (Wildman–Crippen LogP) is 2.95. The van der Waals surface area contributed by atoms with Gasteiger partial charge in [-0.3, -0.25) is 4.79 Å². The van der Waals surface area contributed by atoms with Crippen LogP contribution in [0.2, 0.25) is 0 Å². The van der Waals surface area contributed by atoms with Crippen LogP contribution in [0.4, 0.5) is 0 Å². The van der Waals surface area contributed by atoms with Gasteiger partial charge in [0.05, 0.1) is 5.56 Å². The summed E-state index contributed by atoms with van der Waals surface area (Å²) < 4.78 is 1.62. The van der Waals surface area contributed by atoms with Gasteiger partial charge in [0.2, 0.25) is 0 Å². The van der Waals surface area contributed by atoms with E-state index in [-0.39, 0.29) is 17.8 Å². The largest absolute Gasteiger partial charge is 0.409 e. The number of benzene rings is 1. The molecule has 3 N–H and O–H groups in total. The average Bonchev–Trinajstić information content (AvgIpc) is 3.25. The minimum atomic E-state index is -0.0357. The molecule has 7 heteroatoms. The number of nitrogens with two attached hydrogens (primary N) is 1. The van der Waals surface area contributed by atoms with Crippen molar-refractivity contribution in [1.82, 2.24) is 4.90 Å². The fourth-order valence-corrected chi connectivity index (χ4v) is 2.71. The van der Waals surface area contributed by atoms with Crippen LogP contribution in [-0.2, 0) is 0 Å². The summed E-state index contributed by atoms with van der Waals surface area (Å²) >= 11 is 6.78. The number of hydrogen-bond acceptors (Lipinski definition) is 3. The molecule has 2 rings (SSSR count). The highest BCUT2D eigenvalue weighted by molar-refractivity contribution is 9.11. The number of amidine groups is 1. The summed E-state index contributed by atoms with van der Waals surface area (Å²) in [5, 5.41) is 11.5. The zero-order valence-corrected chi connectivity index (χ0v) is 13.9. The van der Waals surface area contributed by atoms with Gasteiger partial charge in [0, 0.05) is 28.0 Å². The number of rotatable bonds is 5. The average molecular weight is 405 g/mol. The predicted molar refractivity (Wildman–Crippen MR) is 83.9 cm³/mol. The van der Waals surface area contributed by atoms with E-state index in [1.165, 1.54) is 0 Å². The molecule has 0 aliphatic heterocycles. The van der Waals surface area contributed by atoms with Gasteiger partial charge in [0.15, 0.2) is 0 Å². The molecule has 1 amide bonds. The molecule has 1 saturated carbocycles. The van der Waals surface area contributed by atoms with E-state index >= 15 is 0 Å². The van der Waals surface area contributed by atoms with Crippen LogP contribution in [0.5, 0.6) is 0 Å². The quantitative estimate of drug-likeness (QED) is 0.342. The first-order valence-electron chi connectivity index (χ1n) is 6.25. The van der Waals surface area contributed by atoms with Crippen molar-refractivity contribution < 1.29 is 10.0 Å². The highest BCUT2D eigenvalue weighted by Crippen LogP contribution is 2.30. The zero-order chi connectivity index (χ0) is 14.7. The molecule has 0 unspecified atom stereocenters. The lowest BCUT2D eigenvalue weighted by Crippen LogP contribution is -2.36. The van der Waals surface area contributed by atoms with E-state index in [9.17, 15) is 4.79 Å². The molecule has 20 heavy (non-hydrogen) atoms. The molecule has 1 aliphatic carbocycles. The minimum Gasteiger partial charge on any atom is -0.409 e. The molecule has 1 aliphatic rings. The lowest BCUT2D eigenvalue weighted by molar-refractivity contribution is 0.0746. The lowest BCUT2D eigenvalue weighted by atomic mass is 10.2. The summed E-state index contributed by atoms with van der Waals surface area (Å²) in [5.74, 6) is 0.100. The maximum absolute atomic E-state index is 12.6. The van der Waals surface area contributed by atoms with E-state index in [4.69, 9.17) is 10.9 Å². The summed E-state index contributed by atoms with van der Waals surface area (Å²) in [4.78, 5) is 14.4. The molecule has 108 valence electrons. The van der Waals surface area contributed by atoms with Gasteiger partial charge in [-0.05, 0) is 47.0 Å². The number of oxime groups is 1. The SMILES string of the molecule is N/C(CCN(C(=O)c1cc(Br)ccc1Br)C1CC1)=N/O. The molecular weight excluding hydrogens is 390 g/mol. The van der Waals surface area contributed by atoms with Gasteiger partial charge < -0.3 is 15.8 Å². The van der Waals surface area contributed by atoms with Gasteiger partial charge in [0.25, 0.3) is 5.91 Å². The molecular formula is C13H15Br2N3O2. The topological polar surface area (TPSA) is 78.9 Å². The Morgan fingerprint density at radius 1 is 1.45 bits per heavy atom. The van der Waals surface area contributed by atoms with Crippen LogP contribution < -0.4 is 5.73 Å². The summed E-state index contributed by atoms with van der Waals surface area (Å²) in [6, 6.07) is 5.77. The molecule has 0 heterocycles. The van der Waals surface area contributed by atoms with Crippen LogP contribution in [0.15, 0.2) is 32.3 Å². The van der Waals surface area contributed by atoms with Crippen molar-refractivity contribution in [1.29, 1.82) is 0 Å². The Balaban J connectivity index is 2.16. The van der Waals surface area contributed by atoms with E-state index in [1.807, 2.05) is 12.1 Å². The van der Waals surface area contributed by atoms with Gasteiger partial charge in [-0.25, -0.2) is 0 Å². The molecule has 0 spiro atoms. The van der Waals surface area contributed by atoms with E-state index in [0.717, 1.165) is 21.8 Å². The third-order valence-electron chi connectivity index (χ3n) is 3.14. The fourth-order valence-electron chi connectivity index (χ4n) is 1.94. The Morgan fingerprint density at radius 3 is 2.75 bits per heavy atom. The normalized spacial score (nSPS) is 15.2. The maximum Gasteiger partial charge on any atom is 0.255 e. The standard InChI is InChI=1S/C13H15Br2N3O2/c14-8-1-4-11(15)10(7-8)13(19)18(9-2-3-9)6-5-12(16)17-20/h1,4,7,9,20H,2-3,5-6H2,(H2,16,17). The van der Waals surface area contributed by atoms with Crippen molar-refractivity contribution in [2.24, 2.45) is 10.9 Å². The molecule has 0 saturated heterocycles. The highest BCUT2D eigenvalue weighted by atomic mass is 79.9. The van der Waals surface area contributed by atoms with Crippen molar-refractivity contribution in [2.45, 2.75) is 25.3 Å². The number of nitrogens with zero attached hydrogens (tertiary/aromatic N) is 2. The molecule has 0 radical (unpaired) electrons. The second kappa shape index (κ2) is 6.58. The Bertz CT molecular complexity index is 544. The van der Waals surface area contributed by atoms with Crippen LogP contribution in [-0.4, -0.2) is 34.4 Å². The summed E-state index contributed by atoms with van der Waals surface area (Å²) in [6.07, 6.45) is 2.38. The van der Waals surface area contributed by atoms with Crippen molar-refractivity contribution in [3.63, 3.8) is 0 Å². The summed E-state index contributed by atoms with van der Waals surface area (Å²) in [7, 11) is 0. The van der Waals surface area contributed by atoms with Gasteiger partial charge in [-0.2, -0.15) is 0 Å². The van der Waals surface area contributed by atoms with Gasteiger partial charge >= 0.3 is 0 Å². The second-order valence-electron chi connectivity index (χ2n) is 4.70. The molecule has 1 fully saturated rings. The van der Waals surface area contributed by atoms with Crippen molar-refractivity contribution in [2.75, 3.05) is 6.54 Å². The number of carbonyl (C=O) groups is 1. The van der Waals surface area contributed by atoms with Gasteiger partial charge in [-0.1, -0.05) is 21.1 Å². The third-order valence-corrected chi connectivity index (χ3v) is 4.33. The lowest BCUT2D eigenvalue weighted by Gasteiger charge is -2.23. The Morgan fingerprint density at radius 2 is 2.15 bits per heavy atom. The van der Waals surface area contributed by atoms with E-state index in [0.29, 0.717) is 18.5 Å². The van der Waals surface area contributed by atoms with Crippen molar-refractivity contribution in [3.8, 4) is 0 Å². The highest BCUT2D eigenvalue weighted by Gasteiger charge is 2.33. The first-order valence-corrected chi connectivity index (χ1v) is 7.84. The zero-order valence-electron chi connectivity index (χ0n) is 10.7. The number of amides is 1.